The van der Waals surface area contributed by atoms with Crippen LogP contribution in [0.15, 0.2) is 12.4 Å². The van der Waals surface area contributed by atoms with Crippen molar-refractivity contribution in [2.75, 3.05) is 11.9 Å². The van der Waals surface area contributed by atoms with Crippen LogP contribution in [0.2, 0.25) is 5.15 Å². The van der Waals surface area contributed by atoms with Crippen molar-refractivity contribution < 1.29 is 0 Å². The zero-order chi connectivity index (χ0) is 11.4. The molecule has 2 unspecified atom stereocenters. The van der Waals surface area contributed by atoms with Crippen molar-refractivity contribution in [3.05, 3.63) is 17.5 Å². The fraction of sp³-hybridized carbons (Fsp3) is 0.636. The first kappa shape index (κ1) is 11.6. The van der Waals surface area contributed by atoms with Crippen LogP contribution in [0, 0.1) is 5.92 Å². The van der Waals surface area contributed by atoms with Crippen LogP contribution < -0.4 is 11.1 Å². The highest BCUT2D eigenvalue weighted by Gasteiger charge is 2.23. The van der Waals surface area contributed by atoms with Crippen molar-refractivity contribution >= 4 is 17.4 Å². The number of halogens is 1. The maximum absolute atomic E-state index is 5.79. The Morgan fingerprint density at radius 1 is 1.38 bits per heavy atom. The fourth-order valence-electron chi connectivity index (χ4n) is 2.28. The van der Waals surface area contributed by atoms with Crippen molar-refractivity contribution in [3.63, 3.8) is 0 Å². The quantitative estimate of drug-likeness (QED) is 0.849. The molecule has 1 aliphatic carbocycles. The lowest BCUT2D eigenvalue weighted by Crippen LogP contribution is -2.36. The molecule has 1 saturated carbocycles. The fourth-order valence-corrected chi connectivity index (χ4v) is 2.43. The third-order valence-electron chi connectivity index (χ3n) is 3.15. The third-order valence-corrected chi connectivity index (χ3v) is 3.33. The minimum atomic E-state index is 0.409. The van der Waals surface area contributed by atoms with E-state index in [0.717, 1.165) is 18.8 Å². The van der Waals surface area contributed by atoms with Gasteiger partial charge in [-0.25, -0.2) is 4.98 Å². The van der Waals surface area contributed by atoms with E-state index >= 15 is 0 Å². The molecule has 1 aromatic rings. The maximum atomic E-state index is 5.79. The molecule has 0 radical (unpaired) electrons. The van der Waals surface area contributed by atoms with Gasteiger partial charge in [-0.2, -0.15) is 0 Å². The second-order valence-corrected chi connectivity index (χ2v) is 4.65. The van der Waals surface area contributed by atoms with Gasteiger partial charge < -0.3 is 11.1 Å². The molecule has 0 saturated heterocycles. The van der Waals surface area contributed by atoms with Crippen molar-refractivity contribution in [3.8, 4) is 0 Å². The molecule has 0 amide bonds. The van der Waals surface area contributed by atoms with Gasteiger partial charge in [-0.1, -0.05) is 24.4 Å². The average molecular weight is 241 g/mol. The van der Waals surface area contributed by atoms with Gasteiger partial charge in [0, 0.05) is 6.04 Å². The predicted molar refractivity (Wildman–Crippen MR) is 65.5 cm³/mol. The number of nitrogens with two attached hydrogens (primary N) is 1. The first-order chi connectivity index (χ1) is 7.79. The number of nitrogens with one attached hydrogen (secondary N) is 1. The van der Waals surface area contributed by atoms with Gasteiger partial charge in [-0.15, -0.1) is 0 Å². The van der Waals surface area contributed by atoms with E-state index in [9.17, 15) is 0 Å². The lowest BCUT2D eigenvalue weighted by molar-refractivity contribution is 0.332. The number of rotatable bonds is 3. The number of hydrogen-bond donors (Lipinski definition) is 2. The minimum absolute atomic E-state index is 0.409. The normalized spacial score (nSPS) is 25.4. The largest absolute Gasteiger partial charge is 0.366 e. The van der Waals surface area contributed by atoms with Crippen LogP contribution in [0.25, 0.3) is 0 Å². The number of anilines is 1. The summed E-state index contributed by atoms with van der Waals surface area (Å²) in [7, 11) is 0. The third kappa shape index (κ3) is 2.83. The number of nitrogens with zero attached hydrogens (tertiary/aromatic N) is 2. The molecule has 88 valence electrons. The molecule has 1 fully saturated rings. The van der Waals surface area contributed by atoms with E-state index in [2.05, 4.69) is 15.3 Å². The van der Waals surface area contributed by atoms with Gasteiger partial charge in [0.15, 0.2) is 0 Å². The summed E-state index contributed by atoms with van der Waals surface area (Å²) < 4.78 is 0. The molecule has 0 bridgehead atoms. The second-order valence-electron chi connectivity index (χ2n) is 4.26. The van der Waals surface area contributed by atoms with E-state index in [-0.39, 0.29) is 0 Å². The molecule has 0 aliphatic heterocycles. The maximum Gasteiger partial charge on any atom is 0.149 e. The average Bonchev–Trinajstić information content (AvgIpc) is 2.30. The van der Waals surface area contributed by atoms with E-state index in [0.29, 0.717) is 17.1 Å². The Morgan fingerprint density at radius 3 is 2.94 bits per heavy atom. The molecule has 2 atom stereocenters. The summed E-state index contributed by atoms with van der Waals surface area (Å²) in [4.78, 5) is 8.20. The number of aromatic nitrogens is 2. The molecule has 1 heterocycles. The van der Waals surface area contributed by atoms with Gasteiger partial charge in [0.05, 0.1) is 12.4 Å². The van der Waals surface area contributed by atoms with Crippen LogP contribution in [-0.2, 0) is 0 Å². The van der Waals surface area contributed by atoms with Crippen LogP contribution in [0.4, 0.5) is 5.82 Å². The predicted octanol–water partition coefficient (Wildman–Crippen LogP) is 2.06. The van der Waals surface area contributed by atoms with E-state index in [4.69, 9.17) is 17.3 Å². The van der Waals surface area contributed by atoms with Gasteiger partial charge >= 0.3 is 0 Å². The zero-order valence-electron chi connectivity index (χ0n) is 9.19. The molecule has 0 aromatic carbocycles. The Bertz CT molecular complexity index is 345. The van der Waals surface area contributed by atoms with Gasteiger partial charge in [-0.3, -0.25) is 4.98 Å². The summed E-state index contributed by atoms with van der Waals surface area (Å²) in [5.74, 6) is 1.28. The highest BCUT2D eigenvalue weighted by Crippen LogP contribution is 2.26. The van der Waals surface area contributed by atoms with Crippen molar-refractivity contribution in [2.45, 2.75) is 31.7 Å². The molecule has 5 heteroatoms. The van der Waals surface area contributed by atoms with Crippen molar-refractivity contribution in [1.82, 2.24) is 9.97 Å². The summed E-state index contributed by atoms with van der Waals surface area (Å²) in [6, 6.07) is 0.409. The van der Waals surface area contributed by atoms with E-state index < -0.39 is 0 Å². The molecule has 2 rings (SSSR count). The van der Waals surface area contributed by atoms with E-state index in [1.807, 2.05) is 0 Å². The zero-order valence-corrected chi connectivity index (χ0v) is 9.95. The standard InChI is InChI=1S/C11H17ClN4/c12-10-6-14-7-11(16-10)15-9-4-2-1-3-8(9)5-13/h6-9H,1-5,13H2,(H,15,16). The van der Waals surface area contributed by atoms with Crippen LogP contribution in [-0.4, -0.2) is 22.6 Å². The molecule has 0 spiro atoms. The SMILES string of the molecule is NCC1CCCCC1Nc1cncc(Cl)n1. The molecule has 1 aliphatic rings. The molecule has 3 N–H and O–H groups in total. The highest BCUT2D eigenvalue weighted by atomic mass is 35.5. The summed E-state index contributed by atoms with van der Waals surface area (Å²) in [5.41, 5.74) is 5.78. The Balaban J connectivity index is 2.02. The van der Waals surface area contributed by atoms with Gasteiger partial charge in [-0.05, 0) is 25.3 Å². The van der Waals surface area contributed by atoms with Crippen molar-refractivity contribution in [1.29, 1.82) is 0 Å². The van der Waals surface area contributed by atoms with Crippen LogP contribution in [0.5, 0.6) is 0 Å². The first-order valence-electron chi connectivity index (χ1n) is 5.73. The molecular formula is C11H17ClN4. The summed E-state index contributed by atoms with van der Waals surface area (Å²) in [5, 5.41) is 3.81. The second kappa shape index (κ2) is 5.46. The lowest BCUT2D eigenvalue weighted by Gasteiger charge is -2.31. The Morgan fingerprint density at radius 2 is 2.19 bits per heavy atom. The first-order valence-corrected chi connectivity index (χ1v) is 6.11. The van der Waals surface area contributed by atoms with Gasteiger partial charge in [0.25, 0.3) is 0 Å². The minimum Gasteiger partial charge on any atom is -0.366 e. The Labute approximate surface area is 101 Å². The van der Waals surface area contributed by atoms with Gasteiger partial charge in [0.1, 0.15) is 11.0 Å². The Kier molecular flexibility index (Phi) is 3.96. The molecule has 4 nitrogen and oxygen atoms in total. The van der Waals surface area contributed by atoms with Crippen LogP contribution >= 0.6 is 11.6 Å². The lowest BCUT2D eigenvalue weighted by atomic mass is 9.84. The number of hydrogen-bond acceptors (Lipinski definition) is 4. The van der Waals surface area contributed by atoms with Crippen LogP contribution in [0.1, 0.15) is 25.7 Å². The monoisotopic (exact) mass is 240 g/mol. The molecule has 1 aromatic heterocycles. The van der Waals surface area contributed by atoms with Crippen LogP contribution in [0.3, 0.4) is 0 Å². The Hall–Kier alpha value is -0.870. The summed E-state index contributed by atoms with van der Waals surface area (Å²) >= 11 is 5.79. The highest BCUT2D eigenvalue weighted by molar-refractivity contribution is 6.29. The van der Waals surface area contributed by atoms with Crippen molar-refractivity contribution in [2.24, 2.45) is 11.7 Å². The smallest absolute Gasteiger partial charge is 0.149 e. The molecule has 16 heavy (non-hydrogen) atoms. The van der Waals surface area contributed by atoms with E-state index in [1.54, 1.807) is 6.20 Å². The van der Waals surface area contributed by atoms with Gasteiger partial charge in [0.2, 0.25) is 0 Å². The summed E-state index contributed by atoms with van der Waals surface area (Å²) in [6.07, 6.45) is 8.11. The topological polar surface area (TPSA) is 63.8 Å². The summed E-state index contributed by atoms with van der Waals surface area (Å²) in [6.45, 7) is 0.728. The van der Waals surface area contributed by atoms with E-state index in [1.165, 1.54) is 25.5 Å². The molecular weight excluding hydrogens is 224 g/mol.